The molecule has 0 bridgehead atoms. The van der Waals surface area contributed by atoms with Crippen LogP contribution in [0.2, 0.25) is 0 Å². The maximum absolute atomic E-state index is 10.3. The zero-order valence-corrected chi connectivity index (χ0v) is 15.2. The summed E-state index contributed by atoms with van der Waals surface area (Å²) in [6.07, 6.45) is -0.202. The predicted molar refractivity (Wildman–Crippen MR) is 96.6 cm³/mol. The number of anilines is 1. The summed E-state index contributed by atoms with van der Waals surface area (Å²) in [7, 11) is 0. The van der Waals surface area contributed by atoms with E-state index in [1.165, 1.54) is 0 Å². The number of hydrogen-bond donors (Lipinski definition) is 3. The lowest BCUT2D eigenvalue weighted by Gasteiger charge is -2.21. The van der Waals surface area contributed by atoms with E-state index in [0.717, 1.165) is 20.1 Å². The fourth-order valence-corrected chi connectivity index (χ4v) is 3.33. The van der Waals surface area contributed by atoms with Gasteiger partial charge in [0.05, 0.1) is 17.8 Å². The second-order valence-corrected chi connectivity index (χ2v) is 6.44. The average Bonchev–Trinajstić information content (AvgIpc) is 2.43. The molecule has 2 aromatic carbocycles. The highest BCUT2D eigenvalue weighted by atomic mass is 79.9. The lowest BCUT2D eigenvalue weighted by molar-refractivity contribution is 0.145. The zero-order chi connectivity index (χ0) is 14.7. The Bertz CT molecular complexity index is 596. The Morgan fingerprint density at radius 3 is 2.33 bits per heavy atom. The first-order valence-electron chi connectivity index (χ1n) is 6.21. The third-order valence-corrected chi connectivity index (χ3v) is 4.30. The first-order chi connectivity index (χ1) is 9.49. The Morgan fingerprint density at radius 1 is 1.10 bits per heavy atom. The minimum Gasteiger partial charge on any atom is -0.398 e. The number of rotatable bonds is 4. The molecule has 3 nitrogen and oxygen atoms in total. The van der Waals surface area contributed by atoms with Crippen molar-refractivity contribution in [2.45, 2.75) is 18.6 Å². The molecule has 114 valence electrons. The van der Waals surface area contributed by atoms with Crippen molar-refractivity contribution < 1.29 is 5.11 Å². The lowest BCUT2D eigenvalue weighted by Crippen LogP contribution is -2.29. The van der Waals surface area contributed by atoms with Gasteiger partial charge in [-0.15, -0.1) is 12.4 Å². The summed E-state index contributed by atoms with van der Waals surface area (Å²) in [5.41, 5.74) is 14.5. The van der Waals surface area contributed by atoms with Gasteiger partial charge in [-0.1, -0.05) is 46.3 Å². The van der Waals surface area contributed by atoms with Crippen LogP contribution in [-0.2, 0) is 6.42 Å². The summed E-state index contributed by atoms with van der Waals surface area (Å²) in [4.78, 5) is 0. The number of nitrogens with two attached hydrogens (primary N) is 2. The van der Waals surface area contributed by atoms with Gasteiger partial charge in [0.15, 0.2) is 0 Å². The highest BCUT2D eigenvalue weighted by Crippen LogP contribution is 2.32. The molecular weight excluding hydrogens is 419 g/mol. The number of nitrogen functional groups attached to an aromatic ring is 1. The number of benzene rings is 2. The predicted octanol–water partition coefficient (Wildman–Crippen LogP) is 3.82. The number of halogens is 3. The largest absolute Gasteiger partial charge is 0.398 e. The van der Waals surface area contributed by atoms with E-state index < -0.39 is 12.1 Å². The van der Waals surface area contributed by atoms with Crippen LogP contribution in [0.25, 0.3) is 0 Å². The van der Waals surface area contributed by atoms with Crippen LogP contribution in [0.5, 0.6) is 0 Å². The van der Waals surface area contributed by atoms with Gasteiger partial charge in [0.2, 0.25) is 0 Å². The molecule has 0 aliphatic carbocycles. The van der Waals surface area contributed by atoms with Gasteiger partial charge in [-0.3, -0.25) is 0 Å². The van der Waals surface area contributed by atoms with Crippen LogP contribution in [0.15, 0.2) is 51.4 Å². The summed E-state index contributed by atoms with van der Waals surface area (Å²) < 4.78 is 1.64. The fraction of sp³-hybridized carbons (Fsp3) is 0.200. The van der Waals surface area contributed by atoms with Gasteiger partial charge < -0.3 is 16.6 Å². The first-order valence-corrected chi connectivity index (χ1v) is 7.79. The molecule has 0 heterocycles. The molecule has 0 fully saturated rings. The van der Waals surface area contributed by atoms with Crippen LogP contribution in [-0.4, -0.2) is 11.2 Å². The summed E-state index contributed by atoms with van der Waals surface area (Å²) >= 11 is 6.80. The Morgan fingerprint density at radius 2 is 1.71 bits per heavy atom. The third-order valence-electron chi connectivity index (χ3n) is 3.19. The van der Waals surface area contributed by atoms with Crippen LogP contribution < -0.4 is 11.5 Å². The van der Waals surface area contributed by atoms with Crippen LogP contribution in [0.1, 0.15) is 17.2 Å². The molecule has 2 atom stereocenters. The summed E-state index contributed by atoms with van der Waals surface area (Å²) in [5.74, 6) is 0. The summed E-state index contributed by atoms with van der Waals surface area (Å²) in [6, 6.07) is 12.9. The second kappa shape index (κ2) is 8.15. The molecule has 0 amide bonds. The van der Waals surface area contributed by atoms with Crippen LogP contribution in [0.4, 0.5) is 5.69 Å². The minimum atomic E-state index is -0.694. The monoisotopic (exact) mass is 434 g/mol. The van der Waals surface area contributed by atoms with Crippen molar-refractivity contribution in [3.63, 3.8) is 0 Å². The zero-order valence-electron chi connectivity index (χ0n) is 11.2. The van der Waals surface area contributed by atoms with Crippen molar-refractivity contribution >= 4 is 50.0 Å². The topological polar surface area (TPSA) is 72.3 Å². The van der Waals surface area contributed by atoms with Crippen molar-refractivity contribution in [1.82, 2.24) is 0 Å². The quantitative estimate of drug-likeness (QED) is 0.638. The van der Waals surface area contributed by atoms with Gasteiger partial charge in [0, 0.05) is 15.4 Å². The van der Waals surface area contributed by atoms with Crippen LogP contribution in [0.3, 0.4) is 0 Å². The van der Waals surface area contributed by atoms with Crippen molar-refractivity contribution in [3.8, 4) is 0 Å². The highest BCUT2D eigenvalue weighted by Gasteiger charge is 2.21. The number of aliphatic hydroxyl groups is 1. The van der Waals surface area contributed by atoms with Gasteiger partial charge in [0.25, 0.3) is 0 Å². The molecule has 0 spiro atoms. The van der Waals surface area contributed by atoms with E-state index >= 15 is 0 Å². The van der Waals surface area contributed by atoms with Crippen molar-refractivity contribution in [2.24, 2.45) is 5.73 Å². The molecular formula is C15H17Br2ClN2O. The van der Waals surface area contributed by atoms with E-state index in [1.54, 1.807) is 0 Å². The smallest absolute Gasteiger partial charge is 0.0773 e. The van der Waals surface area contributed by atoms with E-state index in [-0.39, 0.29) is 12.4 Å². The molecule has 0 unspecified atom stereocenters. The molecule has 0 saturated heterocycles. The van der Waals surface area contributed by atoms with Crippen molar-refractivity contribution in [2.75, 3.05) is 5.73 Å². The highest BCUT2D eigenvalue weighted by molar-refractivity contribution is 9.11. The van der Waals surface area contributed by atoms with Crippen molar-refractivity contribution in [3.05, 3.63) is 62.5 Å². The van der Waals surface area contributed by atoms with E-state index in [9.17, 15) is 5.11 Å². The van der Waals surface area contributed by atoms with Gasteiger partial charge in [-0.25, -0.2) is 0 Å². The van der Waals surface area contributed by atoms with E-state index in [0.29, 0.717) is 12.1 Å². The minimum absolute atomic E-state index is 0. The molecule has 6 heteroatoms. The number of aliphatic hydroxyl groups excluding tert-OH is 1. The van der Waals surface area contributed by atoms with Gasteiger partial charge in [-0.05, 0) is 39.2 Å². The maximum Gasteiger partial charge on any atom is 0.0773 e. The molecule has 0 aliphatic heterocycles. The van der Waals surface area contributed by atoms with Crippen LogP contribution >= 0.6 is 44.3 Å². The lowest BCUT2D eigenvalue weighted by atomic mass is 9.96. The molecule has 2 rings (SSSR count). The molecule has 5 N–H and O–H groups in total. The summed E-state index contributed by atoms with van der Waals surface area (Å²) in [5, 5.41) is 10.3. The van der Waals surface area contributed by atoms with Crippen molar-refractivity contribution in [1.29, 1.82) is 0 Å². The molecule has 21 heavy (non-hydrogen) atoms. The normalized spacial score (nSPS) is 13.3. The molecule has 0 radical (unpaired) electrons. The molecule has 0 aromatic heterocycles. The Labute approximate surface area is 147 Å². The van der Waals surface area contributed by atoms with Gasteiger partial charge in [-0.2, -0.15) is 0 Å². The van der Waals surface area contributed by atoms with E-state index in [4.69, 9.17) is 11.5 Å². The first kappa shape index (κ1) is 18.5. The van der Waals surface area contributed by atoms with E-state index in [2.05, 4.69) is 31.9 Å². The van der Waals surface area contributed by atoms with E-state index in [1.807, 2.05) is 42.5 Å². The fourth-order valence-electron chi connectivity index (χ4n) is 2.07. The molecule has 2 aromatic rings. The second-order valence-electron chi connectivity index (χ2n) is 4.67. The standard InChI is InChI=1S/C15H16Br2N2O.ClH/c16-10-7-11(14(18)12(17)8-10)15(19)13(20)6-9-4-2-1-3-5-9;/h1-5,7-8,13,15,20H,6,18-19H2;1H/t13-,15+;/m0./s1. The maximum atomic E-state index is 10.3. The van der Waals surface area contributed by atoms with Gasteiger partial charge >= 0.3 is 0 Å². The third kappa shape index (κ3) is 4.69. The Hall–Kier alpha value is -0.590. The molecule has 0 saturated carbocycles. The Kier molecular flexibility index (Phi) is 7.16. The number of hydrogen-bond acceptors (Lipinski definition) is 3. The van der Waals surface area contributed by atoms with Crippen LogP contribution in [0, 0.1) is 0 Å². The van der Waals surface area contributed by atoms with Gasteiger partial charge in [0.1, 0.15) is 0 Å². The SMILES string of the molecule is Cl.Nc1c(Br)cc(Br)cc1[C@@H](N)[C@@H](O)Cc1ccccc1. The Balaban J connectivity index is 0.00000220. The average molecular weight is 437 g/mol. The summed E-state index contributed by atoms with van der Waals surface area (Å²) in [6.45, 7) is 0. The molecule has 0 aliphatic rings.